The molecule has 176 valence electrons. The molecule has 1 unspecified atom stereocenters. The number of amides is 1. The summed E-state index contributed by atoms with van der Waals surface area (Å²) in [5.41, 5.74) is 0.894. The minimum Gasteiger partial charge on any atom is -0.507 e. The van der Waals surface area contributed by atoms with Gasteiger partial charge in [-0.1, -0.05) is 23.7 Å². The molecule has 0 radical (unpaired) electrons. The van der Waals surface area contributed by atoms with Crippen molar-refractivity contribution in [2.75, 3.05) is 27.4 Å². The summed E-state index contributed by atoms with van der Waals surface area (Å²) in [6, 6.07) is 11.1. The third kappa shape index (κ3) is 5.31. The van der Waals surface area contributed by atoms with Crippen LogP contribution >= 0.6 is 11.6 Å². The third-order valence-electron chi connectivity index (χ3n) is 5.27. The zero-order valence-electron chi connectivity index (χ0n) is 19.1. The van der Waals surface area contributed by atoms with Gasteiger partial charge >= 0.3 is 0 Å². The number of halogens is 1. The zero-order chi connectivity index (χ0) is 24.1. The van der Waals surface area contributed by atoms with Gasteiger partial charge in [-0.15, -0.1) is 0 Å². The van der Waals surface area contributed by atoms with Gasteiger partial charge in [0.25, 0.3) is 11.7 Å². The van der Waals surface area contributed by atoms with Crippen molar-refractivity contribution in [2.45, 2.75) is 32.4 Å². The van der Waals surface area contributed by atoms with Crippen LogP contribution in [0.2, 0.25) is 5.02 Å². The zero-order valence-corrected chi connectivity index (χ0v) is 19.9. The fourth-order valence-electron chi connectivity index (χ4n) is 3.85. The Balaban J connectivity index is 2.14. The average Bonchev–Trinajstić information content (AvgIpc) is 3.04. The lowest BCUT2D eigenvalue weighted by Gasteiger charge is -2.25. The lowest BCUT2D eigenvalue weighted by Crippen LogP contribution is -2.31. The van der Waals surface area contributed by atoms with Crippen molar-refractivity contribution in [1.82, 2.24) is 4.90 Å². The van der Waals surface area contributed by atoms with Crippen LogP contribution in [0, 0.1) is 0 Å². The van der Waals surface area contributed by atoms with Crippen molar-refractivity contribution in [1.29, 1.82) is 0 Å². The van der Waals surface area contributed by atoms with Crippen molar-refractivity contribution in [2.24, 2.45) is 0 Å². The van der Waals surface area contributed by atoms with Gasteiger partial charge in [0.05, 0.1) is 30.4 Å². The van der Waals surface area contributed by atoms with Crippen LogP contribution in [0.25, 0.3) is 5.76 Å². The number of ether oxygens (including phenoxy) is 3. The van der Waals surface area contributed by atoms with Gasteiger partial charge in [0, 0.05) is 25.3 Å². The summed E-state index contributed by atoms with van der Waals surface area (Å²) in [4.78, 5) is 27.5. The van der Waals surface area contributed by atoms with Gasteiger partial charge in [0.2, 0.25) is 0 Å². The summed E-state index contributed by atoms with van der Waals surface area (Å²) in [5, 5.41) is 11.6. The van der Waals surface area contributed by atoms with Crippen LogP contribution in [0.5, 0.6) is 11.5 Å². The first kappa shape index (κ1) is 24.6. The Morgan fingerprint density at radius 2 is 1.82 bits per heavy atom. The number of likely N-dealkylation sites (tertiary alicyclic amines) is 1. The number of carbonyl (C=O) groups is 2. The minimum atomic E-state index is -0.779. The number of hydrogen-bond donors (Lipinski definition) is 1. The van der Waals surface area contributed by atoms with E-state index in [2.05, 4.69) is 0 Å². The Labute approximate surface area is 198 Å². The topological polar surface area (TPSA) is 85.3 Å². The second-order valence-corrected chi connectivity index (χ2v) is 8.36. The van der Waals surface area contributed by atoms with Crippen molar-refractivity contribution in [3.8, 4) is 11.5 Å². The number of Topliss-reactive ketones (excluding diaryl/α,β-unsaturated/α-hetero) is 1. The Hall–Kier alpha value is -3.03. The van der Waals surface area contributed by atoms with E-state index in [0.29, 0.717) is 35.1 Å². The van der Waals surface area contributed by atoms with E-state index >= 15 is 0 Å². The molecule has 0 aliphatic carbocycles. The third-order valence-corrected chi connectivity index (χ3v) is 5.51. The predicted octanol–water partition coefficient (Wildman–Crippen LogP) is 4.59. The van der Waals surface area contributed by atoms with Crippen LogP contribution in [0.3, 0.4) is 0 Å². The van der Waals surface area contributed by atoms with Gasteiger partial charge in [0.15, 0.2) is 0 Å². The second-order valence-electron chi connectivity index (χ2n) is 7.92. The van der Waals surface area contributed by atoms with Crippen LogP contribution in [-0.2, 0) is 14.3 Å². The molecule has 1 saturated heterocycles. The molecule has 8 heteroatoms. The molecule has 1 N–H and O–H groups in total. The monoisotopic (exact) mass is 473 g/mol. The summed E-state index contributed by atoms with van der Waals surface area (Å²) in [7, 11) is 3.03. The quantitative estimate of drug-likeness (QED) is 0.248. The predicted molar refractivity (Wildman–Crippen MR) is 126 cm³/mol. The Morgan fingerprint density at radius 3 is 2.42 bits per heavy atom. The molecule has 0 bridgehead atoms. The molecule has 1 heterocycles. The summed E-state index contributed by atoms with van der Waals surface area (Å²) < 4.78 is 16.2. The molecule has 0 spiro atoms. The maximum atomic E-state index is 13.1. The Kier molecular flexibility index (Phi) is 8.00. The van der Waals surface area contributed by atoms with Crippen LogP contribution in [0.4, 0.5) is 0 Å². The highest BCUT2D eigenvalue weighted by Gasteiger charge is 2.46. The number of methoxy groups -OCH3 is 2. The van der Waals surface area contributed by atoms with Gasteiger partial charge in [0.1, 0.15) is 17.3 Å². The van der Waals surface area contributed by atoms with Crippen molar-refractivity contribution in [3.63, 3.8) is 0 Å². The van der Waals surface area contributed by atoms with Crippen molar-refractivity contribution < 1.29 is 28.9 Å². The molecule has 1 aliphatic heterocycles. The van der Waals surface area contributed by atoms with E-state index in [1.165, 1.54) is 18.1 Å². The van der Waals surface area contributed by atoms with E-state index in [9.17, 15) is 14.7 Å². The normalized spacial score (nSPS) is 17.6. The molecule has 0 saturated carbocycles. The molecule has 1 fully saturated rings. The maximum Gasteiger partial charge on any atom is 0.295 e. The van der Waals surface area contributed by atoms with Crippen LogP contribution < -0.4 is 9.47 Å². The number of nitrogens with zero attached hydrogens (tertiary/aromatic N) is 1. The molecule has 3 rings (SSSR count). The first-order valence-electron chi connectivity index (χ1n) is 10.7. The van der Waals surface area contributed by atoms with Crippen LogP contribution in [0.15, 0.2) is 48.0 Å². The smallest absolute Gasteiger partial charge is 0.295 e. The van der Waals surface area contributed by atoms with E-state index in [1.54, 1.807) is 43.5 Å². The van der Waals surface area contributed by atoms with E-state index < -0.39 is 17.7 Å². The molecule has 1 atom stereocenters. The summed E-state index contributed by atoms with van der Waals surface area (Å²) >= 11 is 6.14. The van der Waals surface area contributed by atoms with Crippen LogP contribution in [-0.4, -0.2) is 55.2 Å². The maximum absolute atomic E-state index is 13.1. The molecule has 2 aromatic carbocycles. The Morgan fingerprint density at radius 1 is 1.12 bits per heavy atom. The molecule has 2 aromatic rings. The largest absolute Gasteiger partial charge is 0.507 e. The molecule has 7 nitrogen and oxygen atoms in total. The highest BCUT2D eigenvalue weighted by Crippen LogP contribution is 2.41. The molecule has 1 aliphatic rings. The van der Waals surface area contributed by atoms with E-state index in [-0.39, 0.29) is 29.5 Å². The average molecular weight is 474 g/mol. The van der Waals surface area contributed by atoms with Crippen LogP contribution in [0.1, 0.15) is 37.4 Å². The second kappa shape index (κ2) is 10.7. The Bertz CT molecular complexity index is 1050. The van der Waals surface area contributed by atoms with Crippen molar-refractivity contribution >= 4 is 29.1 Å². The first-order valence-corrected chi connectivity index (χ1v) is 11.0. The molecule has 1 amide bonds. The summed E-state index contributed by atoms with van der Waals surface area (Å²) in [6.45, 7) is 4.57. The number of ketones is 1. The fraction of sp³-hybridized carbons (Fsp3) is 0.360. The van der Waals surface area contributed by atoms with Gasteiger partial charge in [-0.3, -0.25) is 9.59 Å². The number of aliphatic hydroxyl groups excluding tert-OH is 1. The SMILES string of the molecule is COCCCN1C(=O)C(=O)/C(=C(/O)c2cc(Cl)ccc2OC)C1c1ccc(OC(C)C)cc1. The molecular formula is C25H28ClNO6. The number of hydrogen-bond acceptors (Lipinski definition) is 6. The standard InChI is InChI=1S/C25H28ClNO6/c1-15(2)33-18-9-6-16(7-10-18)22-21(24(29)25(30)27(22)12-5-13-31-3)23(28)19-14-17(26)8-11-20(19)32-4/h6-11,14-15,22,28H,5,12-13H2,1-4H3/b23-21+. The number of rotatable bonds is 9. The van der Waals surface area contributed by atoms with E-state index in [0.717, 1.165) is 0 Å². The summed E-state index contributed by atoms with van der Waals surface area (Å²) in [6.07, 6.45) is 0.542. The first-order chi connectivity index (χ1) is 15.8. The summed E-state index contributed by atoms with van der Waals surface area (Å²) in [5.74, 6) is -0.779. The van der Waals surface area contributed by atoms with Gasteiger partial charge in [-0.25, -0.2) is 0 Å². The number of carbonyl (C=O) groups excluding carboxylic acids is 2. The highest BCUT2D eigenvalue weighted by atomic mass is 35.5. The minimum absolute atomic E-state index is 0.00539. The van der Waals surface area contributed by atoms with Crippen molar-refractivity contribution in [3.05, 3.63) is 64.2 Å². The van der Waals surface area contributed by atoms with E-state index in [1.807, 2.05) is 13.8 Å². The lowest BCUT2D eigenvalue weighted by molar-refractivity contribution is -0.140. The number of benzene rings is 2. The van der Waals surface area contributed by atoms with E-state index in [4.69, 9.17) is 25.8 Å². The molecular weight excluding hydrogens is 446 g/mol. The lowest BCUT2D eigenvalue weighted by atomic mass is 9.95. The number of aliphatic hydroxyl groups is 1. The fourth-order valence-corrected chi connectivity index (χ4v) is 4.02. The van der Waals surface area contributed by atoms with Gasteiger partial charge in [-0.05, 0) is 56.2 Å². The molecule has 0 aromatic heterocycles. The van der Waals surface area contributed by atoms with Gasteiger partial charge in [-0.2, -0.15) is 0 Å². The molecule has 33 heavy (non-hydrogen) atoms. The highest BCUT2D eigenvalue weighted by molar-refractivity contribution is 6.46. The van der Waals surface area contributed by atoms with Gasteiger partial charge < -0.3 is 24.2 Å².